The zero-order chi connectivity index (χ0) is 33.3. The van der Waals surface area contributed by atoms with Gasteiger partial charge < -0.3 is 0 Å². The molecule has 0 bridgehead atoms. The number of rotatable bonds is 6. The van der Waals surface area contributed by atoms with E-state index in [1.165, 1.54) is 0 Å². The summed E-state index contributed by atoms with van der Waals surface area (Å²) in [5.41, 5.74) is 10.6. The van der Waals surface area contributed by atoms with Gasteiger partial charge in [0.1, 0.15) is 0 Å². The van der Waals surface area contributed by atoms with Crippen molar-refractivity contribution in [3.05, 3.63) is 176 Å². The second kappa shape index (κ2) is 12.6. The molecule has 0 N–H and O–H groups in total. The van der Waals surface area contributed by atoms with E-state index in [0.29, 0.717) is 17.5 Å². The molecule has 0 unspecified atom stereocenters. The van der Waals surface area contributed by atoms with E-state index in [-0.39, 0.29) is 0 Å². The first kappa shape index (κ1) is 29.3. The number of fused-ring (bicyclic) bond motifs is 3. The fraction of sp³-hybridized carbons (Fsp3) is 0. The number of benzene rings is 6. The van der Waals surface area contributed by atoms with E-state index in [1.54, 1.807) is 0 Å². The van der Waals surface area contributed by atoms with Gasteiger partial charge in [-0.2, -0.15) is 0 Å². The lowest BCUT2D eigenvalue weighted by Crippen LogP contribution is -2.00. The molecule has 234 valence electrons. The van der Waals surface area contributed by atoms with Gasteiger partial charge in [0.05, 0.1) is 22.4 Å². The summed E-state index contributed by atoms with van der Waals surface area (Å²) in [6.45, 7) is 0. The Morgan fingerprint density at radius 3 is 1.26 bits per heavy atom. The third-order valence-electron chi connectivity index (χ3n) is 8.93. The monoisotopic (exact) mass is 639 g/mol. The molecule has 0 amide bonds. The van der Waals surface area contributed by atoms with E-state index in [0.717, 1.165) is 72.1 Å². The van der Waals surface area contributed by atoms with E-state index in [4.69, 9.17) is 24.9 Å². The highest BCUT2D eigenvalue weighted by Crippen LogP contribution is 2.36. The van der Waals surface area contributed by atoms with Crippen molar-refractivity contribution in [1.29, 1.82) is 0 Å². The normalized spacial score (nSPS) is 11.2. The van der Waals surface area contributed by atoms with Crippen molar-refractivity contribution in [3.8, 4) is 67.8 Å². The van der Waals surface area contributed by atoms with Crippen LogP contribution in [0.1, 0.15) is 0 Å². The molecule has 6 aromatic carbocycles. The van der Waals surface area contributed by atoms with Gasteiger partial charge in [-0.3, -0.25) is 0 Å². The number of pyridine rings is 2. The Bertz CT molecular complexity index is 2550. The Morgan fingerprint density at radius 2 is 0.700 bits per heavy atom. The van der Waals surface area contributed by atoms with Crippen LogP contribution in [0.2, 0.25) is 0 Å². The van der Waals surface area contributed by atoms with Crippen molar-refractivity contribution in [2.75, 3.05) is 0 Å². The summed E-state index contributed by atoms with van der Waals surface area (Å²) < 4.78 is 0. The highest BCUT2D eigenvalue weighted by Gasteiger charge is 2.16. The molecule has 5 heteroatoms. The Hall–Kier alpha value is -6.85. The quantitative estimate of drug-likeness (QED) is 0.169. The van der Waals surface area contributed by atoms with Crippen LogP contribution in [0.15, 0.2) is 176 Å². The lowest BCUT2D eigenvalue weighted by Gasteiger charge is -2.13. The van der Waals surface area contributed by atoms with Gasteiger partial charge in [0.25, 0.3) is 0 Å². The first-order valence-electron chi connectivity index (χ1n) is 16.6. The maximum absolute atomic E-state index is 5.30. The second-order valence-electron chi connectivity index (χ2n) is 12.1. The van der Waals surface area contributed by atoms with Crippen molar-refractivity contribution >= 4 is 21.8 Å². The lowest BCUT2D eigenvalue weighted by molar-refractivity contribution is 1.07. The summed E-state index contributed by atoms with van der Waals surface area (Å²) in [6, 6.07) is 59.9. The molecule has 0 saturated heterocycles. The van der Waals surface area contributed by atoms with Crippen LogP contribution in [0.4, 0.5) is 0 Å². The highest BCUT2D eigenvalue weighted by atomic mass is 15.0. The van der Waals surface area contributed by atoms with Crippen LogP contribution in [-0.4, -0.2) is 24.9 Å². The van der Waals surface area contributed by atoms with Crippen molar-refractivity contribution in [2.45, 2.75) is 0 Å². The van der Waals surface area contributed by atoms with Gasteiger partial charge in [-0.1, -0.05) is 164 Å². The van der Waals surface area contributed by atoms with Gasteiger partial charge in [0, 0.05) is 38.6 Å². The number of aromatic nitrogens is 5. The largest absolute Gasteiger partial charge is 0.245 e. The fourth-order valence-electron chi connectivity index (χ4n) is 6.37. The number of hydrogen-bond acceptors (Lipinski definition) is 5. The molecule has 50 heavy (non-hydrogen) atoms. The van der Waals surface area contributed by atoms with Crippen LogP contribution in [0.3, 0.4) is 0 Å². The number of nitrogens with zero attached hydrogens (tertiary/aromatic N) is 5. The molecule has 0 aliphatic rings. The van der Waals surface area contributed by atoms with Gasteiger partial charge in [-0.25, -0.2) is 24.9 Å². The molecule has 0 fully saturated rings. The molecule has 9 rings (SSSR count). The summed E-state index contributed by atoms with van der Waals surface area (Å²) in [5, 5.41) is 2.11. The van der Waals surface area contributed by atoms with Crippen molar-refractivity contribution in [3.63, 3.8) is 0 Å². The molecule has 3 aromatic heterocycles. The predicted octanol–water partition coefficient (Wildman–Crippen LogP) is 11.0. The molecule has 0 saturated carbocycles. The molecule has 0 atom stereocenters. The Labute approximate surface area is 289 Å². The summed E-state index contributed by atoms with van der Waals surface area (Å²) >= 11 is 0. The van der Waals surface area contributed by atoms with E-state index < -0.39 is 0 Å². The second-order valence-corrected chi connectivity index (χ2v) is 12.1. The zero-order valence-electron chi connectivity index (χ0n) is 27.0. The van der Waals surface area contributed by atoms with E-state index >= 15 is 0 Å². The minimum atomic E-state index is 0.615. The zero-order valence-corrected chi connectivity index (χ0v) is 27.0. The first-order valence-corrected chi connectivity index (χ1v) is 16.6. The van der Waals surface area contributed by atoms with E-state index in [9.17, 15) is 0 Å². The molecule has 0 aliphatic carbocycles. The van der Waals surface area contributed by atoms with Crippen molar-refractivity contribution in [1.82, 2.24) is 24.9 Å². The average Bonchev–Trinajstić information content (AvgIpc) is 3.21. The van der Waals surface area contributed by atoms with Gasteiger partial charge in [0.2, 0.25) is 0 Å². The summed E-state index contributed by atoms with van der Waals surface area (Å²) in [5.74, 6) is 1.89. The molecule has 5 nitrogen and oxygen atoms in total. The molecule has 9 aromatic rings. The topological polar surface area (TPSA) is 64.5 Å². The molecule has 3 heterocycles. The van der Waals surface area contributed by atoms with Crippen LogP contribution < -0.4 is 0 Å². The van der Waals surface area contributed by atoms with E-state index in [2.05, 4.69) is 91.0 Å². The summed E-state index contributed by atoms with van der Waals surface area (Å²) in [7, 11) is 0. The van der Waals surface area contributed by atoms with Gasteiger partial charge in [0.15, 0.2) is 17.5 Å². The maximum Gasteiger partial charge on any atom is 0.164 e. The fourth-order valence-corrected chi connectivity index (χ4v) is 6.37. The molecule has 0 spiro atoms. The van der Waals surface area contributed by atoms with Crippen LogP contribution in [0, 0.1) is 0 Å². The van der Waals surface area contributed by atoms with Crippen LogP contribution >= 0.6 is 0 Å². The molecule has 0 aliphatic heterocycles. The lowest BCUT2D eigenvalue weighted by atomic mass is 9.96. The Balaban J connectivity index is 1.19. The SMILES string of the molecule is c1ccc(-c2ccc3ccc4c(-c5ccccc5)cc(-c5ccc(-c6nc(-c7ccccc7)nc(-c7ccccc7)n6)cc5)nc4c3n2)cc1. The van der Waals surface area contributed by atoms with E-state index in [1.807, 2.05) is 84.9 Å². The maximum atomic E-state index is 5.30. The number of hydrogen-bond donors (Lipinski definition) is 0. The predicted molar refractivity (Wildman–Crippen MR) is 203 cm³/mol. The standard InChI is InChI=1S/C45H29N5/c1-5-13-30(14-6-1)38-29-40(47-42-37(38)27-25-33-26-28-39(46-41(33)42)31-15-7-2-8-16-31)32-21-23-36(24-22-32)45-49-43(34-17-9-3-10-18-34)48-44(50-45)35-19-11-4-12-20-35/h1-29H. The van der Waals surface area contributed by atoms with Crippen molar-refractivity contribution < 1.29 is 0 Å². The molecule has 0 radical (unpaired) electrons. The average molecular weight is 640 g/mol. The van der Waals surface area contributed by atoms with Gasteiger partial charge in [-0.15, -0.1) is 0 Å². The summed E-state index contributed by atoms with van der Waals surface area (Å²) in [4.78, 5) is 25.2. The Kier molecular flexibility index (Phi) is 7.41. The molecular formula is C45H29N5. The first-order chi connectivity index (χ1) is 24.8. The minimum absolute atomic E-state index is 0.615. The Morgan fingerprint density at radius 1 is 0.280 bits per heavy atom. The highest BCUT2D eigenvalue weighted by molar-refractivity contribution is 6.09. The third-order valence-corrected chi connectivity index (χ3v) is 8.93. The summed E-state index contributed by atoms with van der Waals surface area (Å²) in [6.07, 6.45) is 0. The van der Waals surface area contributed by atoms with Gasteiger partial charge in [-0.05, 0) is 23.3 Å². The van der Waals surface area contributed by atoms with Crippen LogP contribution in [0.5, 0.6) is 0 Å². The van der Waals surface area contributed by atoms with Crippen molar-refractivity contribution in [2.24, 2.45) is 0 Å². The smallest absolute Gasteiger partial charge is 0.164 e. The third kappa shape index (κ3) is 5.57. The molecular weight excluding hydrogens is 611 g/mol. The van der Waals surface area contributed by atoms with Crippen LogP contribution in [-0.2, 0) is 0 Å². The van der Waals surface area contributed by atoms with Crippen LogP contribution in [0.25, 0.3) is 89.6 Å². The van der Waals surface area contributed by atoms with Gasteiger partial charge >= 0.3 is 0 Å². The minimum Gasteiger partial charge on any atom is -0.245 e.